The molecule has 3 atom stereocenters. The van der Waals surface area contributed by atoms with Crippen LogP contribution in [0.3, 0.4) is 0 Å². The van der Waals surface area contributed by atoms with Gasteiger partial charge in [0.15, 0.2) is 0 Å². The van der Waals surface area contributed by atoms with E-state index in [9.17, 15) is 9.59 Å². The van der Waals surface area contributed by atoms with Crippen molar-refractivity contribution < 1.29 is 9.59 Å². The number of hydrogen-bond donors (Lipinski definition) is 2. The minimum atomic E-state index is -0.262. The molecule has 0 spiro atoms. The van der Waals surface area contributed by atoms with Gasteiger partial charge in [0.2, 0.25) is 11.8 Å². The van der Waals surface area contributed by atoms with Gasteiger partial charge in [0.25, 0.3) is 0 Å². The van der Waals surface area contributed by atoms with E-state index in [2.05, 4.69) is 10.2 Å². The number of hydrogen-bond acceptors (Lipinski definition) is 3. The zero-order valence-corrected chi connectivity index (χ0v) is 14.1. The van der Waals surface area contributed by atoms with Crippen molar-refractivity contribution in [3.05, 3.63) is 0 Å². The quantitative estimate of drug-likeness (QED) is 0.777. The Hall–Kier alpha value is -1.10. The van der Waals surface area contributed by atoms with Crippen molar-refractivity contribution in [2.24, 2.45) is 11.7 Å². The molecule has 3 fully saturated rings. The van der Waals surface area contributed by atoms with Crippen LogP contribution in [0.4, 0.5) is 0 Å². The predicted molar refractivity (Wildman–Crippen MR) is 89.7 cm³/mol. The van der Waals surface area contributed by atoms with Crippen molar-refractivity contribution >= 4 is 11.8 Å². The lowest BCUT2D eigenvalue weighted by Gasteiger charge is -2.33. The van der Waals surface area contributed by atoms with Gasteiger partial charge >= 0.3 is 0 Å². The average Bonchev–Trinajstić information content (AvgIpc) is 2.70. The van der Waals surface area contributed by atoms with Crippen LogP contribution in [0.25, 0.3) is 0 Å². The first-order valence-electron chi connectivity index (χ1n) is 9.49. The van der Waals surface area contributed by atoms with Crippen LogP contribution in [-0.2, 0) is 9.59 Å². The first kappa shape index (κ1) is 16.7. The number of nitrogens with two attached hydrogens (primary N) is 1. The van der Waals surface area contributed by atoms with Crippen molar-refractivity contribution in [2.75, 3.05) is 6.54 Å². The number of amides is 2. The fraction of sp³-hybridized carbons (Fsp3) is 0.889. The van der Waals surface area contributed by atoms with Crippen LogP contribution >= 0.6 is 0 Å². The van der Waals surface area contributed by atoms with Gasteiger partial charge in [-0.25, -0.2) is 0 Å². The maximum absolute atomic E-state index is 12.5. The van der Waals surface area contributed by atoms with E-state index in [-0.39, 0.29) is 17.9 Å². The van der Waals surface area contributed by atoms with E-state index >= 15 is 0 Å². The van der Waals surface area contributed by atoms with Gasteiger partial charge in [0.05, 0.1) is 12.6 Å². The molecule has 0 bridgehead atoms. The number of carbonyl (C=O) groups is 2. The molecule has 23 heavy (non-hydrogen) atoms. The standard InChI is InChI=1S/C18H31N3O2/c19-18(23)16-11-13-7-5-6-10-15(13)21(16)12-17(22)20-14-8-3-1-2-4-9-14/h13-16H,1-12H2,(H2,19,23)(H,20,22). The molecule has 2 saturated carbocycles. The molecule has 130 valence electrons. The monoisotopic (exact) mass is 321 g/mol. The summed E-state index contributed by atoms with van der Waals surface area (Å²) < 4.78 is 0. The third-order valence-electron chi connectivity index (χ3n) is 6.10. The second-order valence-electron chi connectivity index (χ2n) is 7.69. The van der Waals surface area contributed by atoms with Crippen molar-refractivity contribution in [3.8, 4) is 0 Å². The number of likely N-dealkylation sites (tertiary alicyclic amines) is 1. The Morgan fingerprint density at radius 1 is 0.957 bits per heavy atom. The molecule has 3 rings (SSSR count). The van der Waals surface area contributed by atoms with Gasteiger partial charge < -0.3 is 11.1 Å². The minimum Gasteiger partial charge on any atom is -0.368 e. The number of nitrogens with zero attached hydrogens (tertiary/aromatic N) is 1. The zero-order valence-electron chi connectivity index (χ0n) is 14.1. The summed E-state index contributed by atoms with van der Waals surface area (Å²) in [6.07, 6.45) is 12.7. The molecule has 2 aliphatic carbocycles. The van der Waals surface area contributed by atoms with Gasteiger partial charge in [0.1, 0.15) is 0 Å². The van der Waals surface area contributed by atoms with E-state index in [0.29, 0.717) is 24.5 Å². The van der Waals surface area contributed by atoms with Gasteiger partial charge in [-0.1, -0.05) is 38.5 Å². The van der Waals surface area contributed by atoms with E-state index in [4.69, 9.17) is 5.73 Å². The van der Waals surface area contributed by atoms with Crippen molar-refractivity contribution in [1.82, 2.24) is 10.2 Å². The van der Waals surface area contributed by atoms with E-state index in [1.807, 2.05) is 0 Å². The summed E-state index contributed by atoms with van der Waals surface area (Å²) in [5, 5.41) is 3.21. The Kier molecular flexibility index (Phi) is 5.57. The first-order chi connectivity index (χ1) is 11.1. The lowest BCUT2D eigenvalue weighted by molar-refractivity contribution is -0.127. The highest BCUT2D eigenvalue weighted by Crippen LogP contribution is 2.39. The Labute approximate surface area is 139 Å². The number of carbonyl (C=O) groups excluding carboxylic acids is 2. The van der Waals surface area contributed by atoms with Crippen LogP contribution in [0.5, 0.6) is 0 Å². The molecule has 0 radical (unpaired) electrons. The highest BCUT2D eigenvalue weighted by molar-refractivity contribution is 5.83. The molecule has 1 heterocycles. The molecule has 2 amide bonds. The number of primary amides is 1. The molecular weight excluding hydrogens is 290 g/mol. The molecule has 0 aromatic carbocycles. The Morgan fingerprint density at radius 3 is 2.30 bits per heavy atom. The van der Waals surface area contributed by atoms with Crippen LogP contribution in [0.2, 0.25) is 0 Å². The molecule has 3 N–H and O–H groups in total. The van der Waals surface area contributed by atoms with Crippen molar-refractivity contribution in [3.63, 3.8) is 0 Å². The van der Waals surface area contributed by atoms with E-state index < -0.39 is 0 Å². The van der Waals surface area contributed by atoms with Crippen molar-refractivity contribution in [1.29, 1.82) is 0 Å². The zero-order chi connectivity index (χ0) is 16.2. The second-order valence-corrected chi connectivity index (χ2v) is 7.69. The van der Waals surface area contributed by atoms with Crippen LogP contribution in [-0.4, -0.2) is 41.4 Å². The summed E-state index contributed by atoms with van der Waals surface area (Å²) in [5.74, 6) is 0.364. The highest BCUT2D eigenvalue weighted by Gasteiger charge is 2.44. The van der Waals surface area contributed by atoms with Gasteiger partial charge in [-0.2, -0.15) is 0 Å². The number of nitrogens with one attached hydrogen (secondary N) is 1. The fourth-order valence-electron chi connectivity index (χ4n) is 4.92. The maximum atomic E-state index is 12.5. The molecular formula is C18H31N3O2. The average molecular weight is 321 g/mol. The highest BCUT2D eigenvalue weighted by atomic mass is 16.2. The molecule has 5 nitrogen and oxygen atoms in total. The van der Waals surface area contributed by atoms with E-state index in [1.165, 1.54) is 44.9 Å². The van der Waals surface area contributed by atoms with Crippen LogP contribution in [0.1, 0.15) is 70.6 Å². The lowest BCUT2D eigenvalue weighted by atomic mass is 9.84. The first-order valence-corrected chi connectivity index (χ1v) is 9.49. The third kappa shape index (κ3) is 4.06. The third-order valence-corrected chi connectivity index (χ3v) is 6.10. The van der Waals surface area contributed by atoms with Crippen LogP contribution in [0, 0.1) is 5.92 Å². The summed E-state index contributed by atoms with van der Waals surface area (Å²) in [7, 11) is 0. The predicted octanol–water partition coefficient (Wildman–Crippen LogP) is 1.94. The van der Waals surface area contributed by atoms with Crippen LogP contribution in [0.15, 0.2) is 0 Å². The Balaban J connectivity index is 1.59. The SMILES string of the molecule is NC(=O)C1CC2CCCCC2N1CC(=O)NC1CCCCCC1. The second kappa shape index (κ2) is 7.65. The van der Waals surface area contributed by atoms with E-state index in [0.717, 1.165) is 25.7 Å². The Bertz CT molecular complexity index is 432. The molecule has 1 saturated heterocycles. The van der Waals surface area contributed by atoms with Gasteiger partial charge in [-0.15, -0.1) is 0 Å². The summed E-state index contributed by atoms with van der Waals surface area (Å²) >= 11 is 0. The largest absolute Gasteiger partial charge is 0.368 e. The van der Waals surface area contributed by atoms with E-state index in [1.54, 1.807) is 0 Å². The Morgan fingerprint density at radius 2 is 1.61 bits per heavy atom. The maximum Gasteiger partial charge on any atom is 0.234 e. The summed E-state index contributed by atoms with van der Waals surface area (Å²) in [6, 6.07) is 0.450. The smallest absolute Gasteiger partial charge is 0.234 e. The molecule has 0 aromatic rings. The van der Waals surface area contributed by atoms with Gasteiger partial charge in [-0.3, -0.25) is 14.5 Å². The molecule has 5 heteroatoms. The van der Waals surface area contributed by atoms with Gasteiger partial charge in [0, 0.05) is 12.1 Å². The minimum absolute atomic E-state index is 0.0781. The van der Waals surface area contributed by atoms with Gasteiger partial charge in [-0.05, 0) is 38.0 Å². The molecule has 3 unspecified atom stereocenters. The summed E-state index contributed by atoms with van der Waals surface area (Å²) in [5.41, 5.74) is 5.61. The molecule has 3 aliphatic rings. The lowest BCUT2D eigenvalue weighted by Crippen LogP contribution is -2.50. The summed E-state index contributed by atoms with van der Waals surface area (Å²) in [4.78, 5) is 26.4. The summed E-state index contributed by atoms with van der Waals surface area (Å²) in [6.45, 7) is 0.339. The van der Waals surface area contributed by atoms with Crippen molar-refractivity contribution in [2.45, 2.75) is 88.8 Å². The fourth-order valence-corrected chi connectivity index (χ4v) is 4.92. The molecule has 0 aromatic heterocycles. The number of rotatable bonds is 4. The molecule has 1 aliphatic heterocycles. The topological polar surface area (TPSA) is 75.4 Å². The van der Waals surface area contributed by atoms with Crippen LogP contribution < -0.4 is 11.1 Å². The number of fused-ring (bicyclic) bond motifs is 1. The normalized spacial score (nSPS) is 33.0.